The Labute approximate surface area is 61.9 Å². The lowest BCUT2D eigenvalue weighted by Gasteiger charge is -2.19. The highest BCUT2D eigenvalue weighted by Crippen LogP contribution is 2.08. The molecule has 0 saturated carbocycles. The molecular formula is C8H13O2. The van der Waals surface area contributed by atoms with E-state index in [9.17, 15) is 4.79 Å². The van der Waals surface area contributed by atoms with Crippen LogP contribution in [0.2, 0.25) is 0 Å². The summed E-state index contributed by atoms with van der Waals surface area (Å²) in [7, 11) is 0. The van der Waals surface area contributed by atoms with Crippen LogP contribution in [-0.4, -0.2) is 11.6 Å². The first-order chi connectivity index (χ1) is 4.33. The lowest BCUT2D eigenvalue weighted by molar-refractivity contribution is -0.149. The summed E-state index contributed by atoms with van der Waals surface area (Å²) >= 11 is 0. The monoisotopic (exact) mass is 141 g/mol. The highest BCUT2D eigenvalue weighted by molar-refractivity contribution is 5.88. The Morgan fingerprint density at radius 1 is 1.40 bits per heavy atom. The Kier molecular flexibility index (Phi) is 2.64. The second-order valence-electron chi connectivity index (χ2n) is 3.11. The van der Waals surface area contributed by atoms with Crippen molar-refractivity contribution in [3.05, 3.63) is 19.1 Å². The normalized spacial score (nSPS) is 10.8. The summed E-state index contributed by atoms with van der Waals surface area (Å²) in [6.45, 7) is 12.1. The van der Waals surface area contributed by atoms with Gasteiger partial charge in [-0.15, -0.1) is 0 Å². The van der Waals surface area contributed by atoms with Gasteiger partial charge in [0.05, 0.1) is 0 Å². The van der Waals surface area contributed by atoms with Crippen LogP contribution >= 0.6 is 0 Å². The molecule has 0 saturated heterocycles. The van der Waals surface area contributed by atoms with E-state index in [1.807, 2.05) is 0 Å². The Hall–Kier alpha value is -0.790. The van der Waals surface area contributed by atoms with Crippen LogP contribution in [0.4, 0.5) is 0 Å². The fourth-order valence-corrected chi connectivity index (χ4v) is 0.350. The molecule has 0 N–H and O–H groups in total. The quantitative estimate of drug-likeness (QED) is 0.410. The number of carbonyl (C=O) groups excluding carboxylic acids is 1. The van der Waals surface area contributed by atoms with Gasteiger partial charge in [-0.05, 0) is 27.7 Å². The Morgan fingerprint density at radius 2 is 1.80 bits per heavy atom. The molecule has 0 heterocycles. The molecule has 1 radical (unpaired) electrons. The Morgan fingerprint density at radius 3 is 1.90 bits per heavy atom. The largest absolute Gasteiger partial charge is 0.457 e. The summed E-state index contributed by atoms with van der Waals surface area (Å²) in [5.41, 5.74) is -0.257. The maximum atomic E-state index is 10.8. The fourth-order valence-electron chi connectivity index (χ4n) is 0.350. The topological polar surface area (TPSA) is 26.3 Å². The lowest BCUT2D eigenvalue weighted by Crippen LogP contribution is -2.24. The van der Waals surface area contributed by atoms with E-state index in [2.05, 4.69) is 13.5 Å². The number of rotatable bonds is 1. The van der Waals surface area contributed by atoms with Crippen LogP contribution in [0.1, 0.15) is 20.8 Å². The smallest absolute Gasteiger partial charge is 0.333 e. The molecule has 2 nitrogen and oxygen atoms in total. The van der Waals surface area contributed by atoms with Crippen molar-refractivity contribution in [2.75, 3.05) is 0 Å². The summed E-state index contributed by atoms with van der Waals surface area (Å²) in [5, 5.41) is 0. The van der Waals surface area contributed by atoms with E-state index in [-0.39, 0.29) is 5.57 Å². The van der Waals surface area contributed by atoms with Gasteiger partial charge in [-0.25, -0.2) is 4.79 Å². The molecule has 0 aromatic carbocycles. The van der Waals surface area contributed by atoms with Crippen molar-refractivity contribution in [2.45, 2.75) is 26.4 Å². The maximum absolute atomic E-state index is 10.8. The van der Waals surface area contributed by atoms with Crippen LogP contribution in [-0.2, 0) is 9.53 Å². The maximum Gasteiger partial charge on any atom is 0.333 e. The van der Waals surface area contributed by atoms with Gasteiger partial charge in [-0.3, -0.25) is 0 Å². The summed E-state index contributed by atoms with van der Waals surface area (Å²) in [6.07, 6.45) is 0. The van der Waals surface area contributed by atoms with Gasteiger partial charge in [0.15, 0.2) is 0 Å². The number of esters is 1. The van der Waals surface area contributed by atoms with Gasteiger partial charge in [0.25, 0.3) is 0 Å². The van der Waals surface area contributed by atoms with Gasteiger partial charge in [0, 0.05) is 5.57 Å². The molecule has 0 aliphatic heterocycles. The Bertz CT molecular complexity index is 151. The van der Waals surface area contributed by atoms with Crippen molar-refractivity contribution in [3.8, 4) is 0 Å². The van der Waals surface area contributed by atoms with Crippen molar-refractivity contribution in [2.24, 2.45) is 0 Å². The third kappa shape index (κ3) is 4.13. The number of hydrogen-bond acceptors (Lipinski definition) is 2. The number of carbonyl (C=O) groups is 1. The van der Waals surface area contributed by atoms with Crippen molar-refractivity contribution in [1.82, 2.24) is 0 Å². The van der Waals surface area contributed by atoms with E-state index < -0.39 is 11.6 Å². The molecule has 0 spiro atoms. The van der Waals surface area contributed by atoms with E-state index >= 15 is 0 Å². The molecule has 0 aliphatic carbocycles. The molecule has 0 unspecified atom stereocenters. The van der Waals surface area contributed by atoms with Gasteiger partial charge >= 0.3 is 5.97 Å². The van der Waals surface area contributed by atoms with E-state index in [1.54, 1.807) is 20.8 Å². The second-order valence-corrected chi connectivity index (χ2v) is 3.11. The average molecular weight is 141 g/mol. The van der Waals surface area contributed by atoms with Crippen LogP contribution in [0.5, 0.6) is 0 Å². The number of ether oxygens (including phenoxy) is 1. The van der Waals surface area contributed by atoms with Gasteiger partial charge in [-0.2, -0.15) is 0 Å². The predicted molar refractivity (Wildman–Crippen MR) is 40.3 cm³/mol. The van der Waals surface area contributed by atoms with E-state index in [4.69, 9.17) is 4.74 Å². The summed E-state index contributed by atoms with van der Waals surface area (Å²) < 4.78 is 4.90. The molecule has 2 heteroatoms. The first kappa shape index (κ1) is 9.21. The van der Waals surface area contributed by atoms with Crippen molar-refractivity contribution >= 4 is 5.97 Å². The van der Waals surface area contributed by atoms with E-state index in [0.29, 0.717) is 0 Å². The summed E-state index contributed by atoms with van der Waals surface area (Å²) in [5.74, 6) is -0.438. The predicted octanol–water partition coefficient (Wildman–Crippen LogP) is 1.72. The van der Waals surface area contributed by atoms with E-state index in [1.165, 1.54) is 0 Å². The zero-order valence-electron chi connectivity index (χ0n) is 6.73. The SMILES string of the molecule is [CH2]C(=C)C(=O)OC(C)(C)C. The highest BCUT2D eigenvalue weighted by atomic mass is 16.6. The van der Waals surface area contributed by atoms with Gasteiger partial charge in [0.2, 0.25) is 0 Å². The molecule has 0 atom stereocenters. The second kappa shape index (κ2) is 2.86. The summed E-state index contributed by atoms with van der Waals surface area (Å²) in [6, 6.07) is 0. The Balaban J connectivity index is 3.93. The van der Waals surface area contributed by atoms with Gasteiger partial charge in [0.1, 0.15) is 5.60 Å². The zero-order chi connectivity index (χ0) is 8.36. The molecule has 0 amide bonds. The molecule has 0 bridgehead atoms. The zero-order valence-corrected chi connectivity index (χ0v) is 6.73. The third-order valence-electron chi connectivity index (χ3n) is 0.688. The van der Waals surface area contributed by atoms with Crippen molar-refractivity contribution in [1.29, 1.82) is 0 Å². The lowest BCUT2D eigenvalue weighted by atomic mass is 10.2. The average Bonchev–Trinajstić information content (AvgIpc) is 1.60. The van der Waals surface area contributed by atoms with Gasteiger partial charge in [-0.1, -0.05) is 6.58 Å². The first-order valence-electron chi connectivity index (χ1n) is 3.07. The van der Waals surface area contributed by atoms with Crippen LogP contribution < -0.4 is 0 Å². The molecule has 57 valence electrons. The standard InChI is InChI=1S/C8H13O2/c1-6(2)7(9)10-8(3,4)5/h1-2H2,3-5H3. The van der Waals surface area contributed by atoms with Crippen LogP contribution in [0, 0.1) is 6.92 Å². The minimum atomic E-state index is -0.447. The molecule has 0 fully saturated rings. The molecule has 10 heavy (non-hydrogen) atoms. The molecule has 0 aliphatic rings. The van der Waals surface area contributed by atoms with Gasteiger partial charge < -0.3 is 4.74 Å². The van der Waals surface area contributed by atoms with Crippen LogP contribution in [0.3, 0.4) is 0 Å². The van der Waals surface area contributed by atoms with Crippen LogP contribution in [0.25, 0.3) is 0 Å². The first-order valence-corrected chi connectivity index (χ1v) is 3.07. The molecular weight excluding hydrogens is 128 g/mol. The number of hydrogen-bond donors (Lipinski definition) is 0. The minimum Gasteiger partial charge on any atom is -0.457 e. The summed E-state index contributed by atoms with van der Waals surface area (Å²) in [4.78, 5) is 10.8. The third-order valence-corrected chi connectivity index (χ3v) is 0.688. The van der Waals surface area contributed by atoms with Crippen molar-refractivity contribution in [3.63, 3.8) is 0 Å². The molecule has 0 aromatic heterocycles. The molecule has 0 rings (SSSR count). The highest BCUT2D eigenvalue weighted by Gasteiger charge is 2.15. The van der Waals surface area contributed by atoms with Crippen LogP contribution in [0.15, 0.2) is 12.2 Å². The fraction of sp³-hybridized carbons (Fsp3) is 0.500. The van der Waals surface area contributed by atoms with E-state index in [0.717, 1.165) is 0 Å². The van der Waals surface area contributed by atoms with Crippen molar-refractivity contribution < 1.29 is 9.53 Å². The molecule has 0 aromatic rings. The minimum absolute atomic E-state index is 0.190.